The lowest BCUT2D eigenvalue weighted by Crippen LogP contribution is -2.44. The number of amides is 1. The second-order valence-corrected chi connectivity index (χ2v) is 6.26. The van der Waals surface area contributed by atoms with Crippen LogP contribution in [0.2, 0.25) is 0 Å². The summed E-state index contributed by atoms with van der Waals surface area (Å²) in [5, 5.41) is 4.41. The molecule has 1 aliphatic heterocycles. The molecule has 0 aliphatic carbocycles. The number of carbonyl (C=O) groups excluding carboxylic acids is 1. The van der Waals surface area contributed by atoms with Gasteiger partial charge in [-0.05, 0) is 17.7 Å². The van der Waals surface area contributed by atoms with Gasteiger partial charge in [-0.25, -0.2) is 0 Å². The molecule has 0 aromatic carbocycles. The van der Waals surface area contributed by atoms with Crippen LogP contribution >= 0.6 is 0 Å². The van der Waals surface area contributed by atoms with Crippen LogP contribution < -0.4 is 0 Å². The zero-order valence-electron chi connectivity index (χ0n) is 14.1. The Morgan fingerprint density at radius 2 is 2.25 bits per heavy atom. The van der Waals surface area contributed by atoms with Crippen molar-refractivity contribution in [3.05, 3.63) is 48.0 Å². The molecule has 7 heteroatoms. The van der Waals surface area contributed by atoms with Gasteiger partial charge in [-0.15, -0.1) is 0 Å². The van der Waals surface area contributed by atoms with E-state index in [-0.39, 0.29) is 11.9 Å². The van der Waals surface area contributed by atoms with Gasteiger partial charge in [-0.1, -0.05) is 6.07 Å². The van der Waals surface area contributed by atoms with Crippen LogP contribution in [0.4, 0.5) is 0 Å². The zero-order valence-corrected chi connectivity index (χ0v) is 14.1. The highest BCUT2D eigenvalue weighted by molar-refractivity contribution is 5.77. The Bertz CT molecular complexity index is 671. The van der Waals surface area contributed by atoms with E-state index < -0.39 is 0 Å². The first-order valence-corrected chi connectivity index (χ1v) is 8.05. The molecular formula is C17H23N5O2. The van der Waals surface area contributed by atoms with Crippen LogP contribution in [0.15, 0.2) is 36.8 Å². The molecule has 0 bridgehead atoms. The summed E-state index contributed by atoms with van der Waals surface area (Å²) in [6, 6.07) is 6.00. The Hall–Kier alpha value is -2.25. The summed E-state index contributed by atoms with van der Waals surface area (Å²) < 4.78 is 7.88. The maximum Gasteiger partial charge on any atom is 0.236 e. The summed E-state index contributed by atoms with van der Waals surface area (Å²) in [5.41, 5.74) is 2.16. The van der Waals surface area contributed by atoms with Gasteiger partial charge in [0.25, 0.3) is 0 Å². The Morgan fingerprint density at radius 1 is 1.38 bits per heavy atom. The van der Waals surface area contributed by atoms with E-state index in [9.17, 15) is 4.79 Å². The molecule has 0 saturated carbocycles. The van der Waals surface area contributed by atoms with Crippen LogP contribution in [0.3, 0.4) is 0 Å². The topological polar surface area (TPSA) is 63.5 Å². The highest BCUT2D eigenvalue weighted by atomic mass is 16.5. The van der Waals surface area contributed by atoms with Crippen LogP contribution in [-0.2, 0) is 22.7 Å². The maximum atomic E-state index is 12.0. The summed E-state index contributed by atoms with van der Waals surface area (Å²) in [6.07, 6.45) is 5.36. The molecule has 0 unspecified atom stereocenters. The van der Waals surface area contributed by atoms with Crippen LogP contribution in [0, 0.1) is 0 Å². The fourth-order valence-corrected chi connectivity index (χ4v) is 2.84. The average Bonchev–Trinajstić information content (AvgIpc) is 3.04. The normalized spacial score (nSPS) is 17.5. The minimum absolute atomic E-state index is 0.107. The van der Waals surface area contributed by atoms with E-state index in [0.29, 0.717) is 19.8 Å². The maximum absolute atomic E-state index is 12.0. The predicted octanol–water partition coefficient (Wildman–Crippen LogP) is 0.940. The molecule has 2 aromatic rings. The summed E-state index contributed by atoms with van der Waals surface area (Å²) in [4.78, 5) is 19.9. The fourth-order valence-electron chi connectivity index (χ4n) is 2.84. The van der Waals surface area contributed by atoms with Crippen LogP contribution in [0.1, 0.15) is 17.3 Å². The second-order valence-electron chi connectivity index (χ2n) is 6.26. The molecule has 2 aromatic heterocycles. The van der Waals surface area contributed by atoms with Crippen molar-refractivity contribution in [1.29, 1.82) is 0 Å². The molecule has 1 aliphatic rings. The molecule has 0 radical (unpaired) electrons. The van der Waals surface area contributed by atoms with Gasteiger partial charge in [0.15, 0.2) is 0 Å². The van der Waals surface area contributed by atoms with E-state index in [1.54, 1.807) is 31.4 Å². The highest BCUT2D eigenvalue weighted by Crippen LogP contribution is 2.20. The third kappa shape index (κ3) is 3.98. The lowest BCUT2D eigenvalue weighted by molar-refractivity contribution is -0.130. The van der Waals surface area contributed by atoms with Gasteiger partial charge in [0.2, 0.25) is 5.91 Å². The van der Waals surface area contributed by atoms with Crippen LogP contribution in [0.5, 0.6) is 0 Å². The number of aromatic nitrogens is 3. The number of carbonyl (C=O) groups is 1. The molecule has 3 rings (SSSR count). The lowest BCUT2D eigenvalue weighted by atomic mass is 10.2. The van der Waals surface area contributed by atoms with Crippen molar-refractivity contribution in [3.63, 3.8) is 0 Å². The highest BCUT2D eigenvalue weighted by Gasteiger charge is 2.27. The van der Waals surface area contributed by atoms with Gasteiger partial charge in [0, 0.05) is 45.8 Å². The molecule has 0 saturated heterocycles. The monoisotopic (exact) mass is 329 g/mol. The Kier molecular flexibility index (Phi) is 5.22. The van der Waals surface area contributed by atoms with E-state index in [1.165, 1.54) is 0 Å². The first-order valence-electron chi connectivity index (χ1n) is 8.05. The van der Waals surface area contributed by atoms with Crippen molar-refractivity contribution in [2.75, 3.05) is 33.8 Å². The third-order valence-electron chi connectivity index (χ3n) is 4.11. The van der Waals surface area contributed by atoms with Gasteiger partial charge >= 0.3 is 0 Å². The minimum atomic E-state index is 0.107. The quantitative estimate of drug-likeness (QED) is 0.789. The first kappa shape index (κ1) is 16.6. The number of hydrogen-bond acceptors (Lipinski definition) is 5. The number of likely N-dealkylation sites (N-methyl/N-ethyl adjacent to an activating group) is 1. The average molecular weight is 329 g/mol. The number of pyridine rings is 1. The number of nitrogens with zero attached hydrogens (tertiary/aromatic N) is 5. The zero-order chi connectivity index (χ0) is 16.9. The molecule has 7 nitrogen and oxygen atoms in total. The number of rotatable bonds is 6. The lowest BCUT2D eigenvalue weighted by Gasteiger charge is -2.33. The number of hydrogen-bond donors (Lipinski definition) is 0. The molecule has 0 N–H and O–H groups in total. The molecule has 24 heavy (non-hydrogen) atoms. The van der Waals surface area contributed by atoms with Gasteiger partial charge in [-0.3, -0.25) is 19.4 Å². The van der Waals surface area contributed by atoms with Gasteiger partial charge in [-0.2, -0.15) is 5.10 Å². The standard InChI is InChI=1S/C17H23N5O2/c1-20(2)17(23)11-21-9-15-5-7-19-22(15)16(10-21)13-24-12-14-4-3-6-18-8-14/h3-8,16H,9-13H2,1-2H3/t16-/m0/s1. The van der Waals surface area contributed by atoms with E-state index in [0.717, 1.165) is 24.3 Å². The minimum Gasteiger partial charge on any atom is -0.374 e. The number of fused-ring (bicyclic) bond motifs is 1. The molecule has 0 spiro atoms. The van der Waals surface area contributed by atoms with E-state index in [4.69, 9.17) is 4.74 Å². The van der Waals surface area contributed by atoms with Crippen molar-refractivity contribution < 1.29 is 9.53 Å². The van der Waals surface area contributed by atoms with E-state index in [2.05, 4.69) is 15.0 Å². The third-order valence-corrected chi connectivity index (χ3v) is 4.11. The Balaban J connectivity index is 1.60. The molecule has 1 amide bonds. The first-order chi connectivity index (χ1) is 11.6. The smallest absolute Gasteiger partial charge is 0.236 e. The Labute approximate surface area is 141 Å². The summed E-state index contributed by atoms with van der Waals surface area (Å²) >= 11 is 0. The second kappa shape index (κ2) is 7.55. The summed E-state index contributed by atoms with van der Waals surface area (Å²) in [5.74, 6) is 0.109. The predicted molar refractivity (Wildman–Crippen MR) is 89.1 cm³/mol. The van der Waals surface area contributed by atoms with E-state index in [1.807, 2.05) is 29.1 Å². The summed E-state index contributed by atoms with van der Waals surface area (Å²) in [6.45, 7) is 2.98. The van der Waals surface area contributed by atoms with Crippen molar-refractivity contribution in [3.8, 4) is 0 Å². The van der Waals surface area contributed by atoms with Crippen molar-refractivity contribution in [2.45, 2.75) is 19.2 Å². The number of ether oxygens (including phenoxy) is 1. The molecule has 0 fully saturated rings. The fraction of sp³-hybridized carbons (Fsp3) is 0.471. The van der Waals surface area contributed by atoms with Gasteiger partial charge in [0.05, 0.1) is 31.5 Å². The molecular weight excluding hydrogens is 306 g/mol. The van der Waals surface area contributed by atoms with E-state index >= 15 is 0 Å². The largest absolute Gasteiger partial charge is 0.374 e. The SMILES string of the molecule is CN(C)C(=O)CN1Cc2ccnn2[C@H](COCc2cccnc2)C1. The van der Waals surface area contributed by atoms with Crippen molar-refractivity contribution in [2.24, 2.45) is 0 Å². The molecule has 1 atom stereocenters. The van der Waals surface area contributed by atoms with Crippen LogP contribution in [0.25, 0.3) is 0 Å². The Morgan fingerprint density at radius 3 is 3.00 bits per heavy atom. The molecule has 128 valence electrons. The van der Waals surface area contributed by atoms with Crippen LogP contribution in [-0.4, -0.2) is 64.3 Å². The molecule has 3 heterocycles. The van der Waals surface area contributed by atoms with Crippen molar-refractivity contribution >= 4 is 5.91 Å². The summed E-state index contributed by atoms with van der Waals surface area (Å²) in [7, 11) is 3.57. The van der Waals surface area contributed by atoms with Gasteiger partial charge in [0.1, 0.15) is 0 Å². The van der Waals surface area contributed by atoms with Crippen molar-refractivity contribution in [1.82, 2.24) is 24.6 Å². The van der Waals surface area contributed by atoms with Gasteiger partial charge < -0.3 is 9.64 Å².